The highest BCUT2D eigenvalue weighted by Gasteiger charge is 2.41. The van der Waals surface area contributed by atoms with Crippen molar-refractivity contribution in [2.75, 3.05) is 11.1 Å². The number of carbonyl (C=O) groups excluding carboxylic acids is 1. The largest absolute Gasteiger partial charge is 0.351 e. The summed E-state index contributed by atoms with van der Waals surface area (Å²) in [7, 11) is -0.00557. The highest BCUT2D eigenvalue weighted by molar-refractivity contribution is 8.01. The number of rotatable bonds is 1. The van der Waals surface area contributed by atoms with Crippen LogP contribution in [0.2, 0.25) is 0 Å². The van der Waals surface area contributed by atoms with Crippen LogP contribution in [0.15, 0.2) is 39.8 Å². The summed E-state index contributed by atoms with van der Waals surface area (Å²) in [6.07, 6.45) is 2.75. The fraction of sp³-hybridized carbons (Fsp3) is 0.357. The first kappa shape index (κ1) is 10.9. The first-order valence-corrected chi connectivity index (χ1v) is 7.54. The Bertz CT molecular complexity index is 507. The van der Waals surface area contributed by atoms with Crippen molar-refractivity contribution >= 4 is 22.4 Å². The second kappa shape index (κ2) is 4.22. The molecule has 1 atom stereocenters. The minimum atomic E-state index is -0.00557. The van der Waals surface area contributed by atoms with E-state index in [0.717, 1.165) is 29.9 Å². The summed E-state index contributed by atoms with van der Waals surface area (Å²) in [6.45, 7) is 2.18. The number of hydrogen-bond donors (Lipinski definition) is 1. The van der Waals surface area contributed by atoms with Crippen LogP contribution in [0.4, 0.5) is 5.69 Å². The molecule has 1 heterocycles. The predicted octanol–water partition coefficient (Wildman–Crippen LogP) is 3.07. The van der Waals surface area contributed by atoms with Crippen molar-refractivity contribution in [3.05, 3.63) is 34.9 Å². The molecule has 2 nitrogen and oxygen atoms in total. The summed E-state index contributed by atoms with van der Waals surface area (Å²) < 4.78 is 0. The average molecular weight is 246 g/mol. The standard InChI is InChI=1S/C14H15NOS/c1-2-17-13-9-4-3-6-10(13)15-11-7-5-8-12(16)14(11)17/h3-4,6,9H,2,5,7-8H2,1H3/p+1. The van der Waals surface area contributed by atoms with Crippen molar-refractivity contribution in [1.82, 2.24) is 0 Å². The first-order valence-electron chi connectivity index (χ1n) is 6.14. The van der Waals surface area contributed by atoms with Crippen molar-refractivity contribution < 1.29 is 4.79 Å². The van der Waals surface area contributed by atoms with Crippen molar-refractivity contribution in [3.63, 3.8) is 0 Å². The van der Waals surface area contributed by atoms with Crippen LogP contribution in [0.1, 0.15) is 26.2 Å². The van der Waals surface area contributed by atoms with Crippen LogP contribution in [0.5, 0.6) is 0 Å². The van der Waals surface area contributed by atoms with Gasteiger partial charge in [0.1, 0.15) is 5.75 Å². The van der Waals surface area contributed by atoms with E-state index in [1.54, 1.807) is 0 Å². The van der Waals surface area contributed by atoms with E-state index in [2.05, 4.69) is 36.5 Å². The predicted molar refractivity (Wildman–Crippen MR) is 72.1 cm³/mol. The molecule has 88 valence electrons. The third kappa shape index (κ3) is 1.69. The molecule has 0 fully saturated rings. The average Bonchev–Trinajstić information content (AvgIpc) is 2.36. The van der Waals surface area contributed by atoms with Gasteiger partial charge in [-0.25, -0.2) is 0 Å². The zero-order valence-corrected chi connectivity index (χ0v) is 10.8. The maximum Gasteiger partial charge on any atom is 0.222 e. The molecule has 3 rings (SSSR count). The molecule has 1 aromatic carbocycles. The van der Waals surface area contributed by atoms with Crippen LogP contribution in [0, 0.1) is 0 Å². The van der Waals surface area contributed by atoms with Gasteiger partial charge in [0.25, 0.3) is 0 Å². The fourth-order valence-corrected chi connectivity index (χ4v) is 4.86. The first-order chi connectivity index (χ1) is 8.31. The van der Waals surface area contributed by atoms with Gasteiger partial charge in [-0.15, -0.1) is 0 Å². The maximum atomic E-state index is 12.1. The van der Waals surface area contributed by atoms with Crippen LogP contribution in [0.3, 0.4) is 0 Å². The molecule has 0 bridgehead atoms. The fourth-order valence-electron chi connectivity index (χ4n) is 2.58. The van der Waals surface area contributed by atoms with Crippen molar-refractivity contribution in [2.24, 2.45) is 0 Å². The highest BCUT2D eigenvalue weighted by Crippen LogP contribution is 2.40. The minimum Gasteiger partial charge on any atom is -0.351 e. The topological polar surface area (TPSA) is 29.1 Å². The maximum absolute atomic E-state index is 12.1. The number of carbonyl (C=O) groups is 1. The van der Waals surface area contributed by atoms with Crippen LogP contribution < -0.4 is 5.32 Å². The molecule has 1 N–H and O–H groups in total. The van der Waals surface area contributed by atoms with Crippen LogP contribution >= 0.6 is 0 Å². The van der Waals surface area contributed by atoms with E-state index in [0.29, 0.717) is 5.78 Å². The number of Topliss-reactive ketones (excluding diaryl/α,β-unsaturated/α-hetero) is 1. The van der Waals surface area contributed by atoms with Gasteiger partial charge in [0, 0.05) is 6.42 Å². The zero-order chi connectivity index (χ0) is 11.8. The van der Waals surface area contributed by atoms with Crippen molar-refractivity contribution in [2.45, 2.75) is 31.1 Å². The SMILES string of the molecule is CC[S+]1C2=C(CCCC2=O)Nc2ccccc21. The van der Waals surface area contributed by atoms with Gasteiger partial charge < -0.3 is 5.32 Å². The van der Waals surface area contributed by atoms with Crippen LogP contribution in [-0.2, 0) is 15.7 Å². The molecular weight excluding hydrogens is 230 g/mol. The normalized spacial score (nSPS) is 22.9. The quantitative estimate of drug-likeness (QED) is 0.772. The lowest BCUT2D eigenvalue weighted by molar-refractivity contribution is -0.115. The minimum absolute atomic E-state index is 0.00557. The Hall–Kier alpha value is -1.22. The monoisotopic (exact) mass is 246 g/mol. The van der Waals surface area contributed by atoms with Crippen molar-refractivity contribution in [1.29, 1.82) is 0 Å². The summed E-state index contributed by atoms with van der Waals surface area (Å²) >= 11 is 0. The molecule has 0 saturated carbocycles. The summed E-state index contributed by atoms with van der Waals surface area (Å²) in [5, 5.41) is 3.46. The number of allylic oxidation sites excluding steroid dienone is 2. The van der Waals surface area contributed by atoms with Gasteiger partial charge in [0.05, 0.1) is 22.3 Å². The molecule has 1 aliphatic heterocycles. The summed E-state index contributed by atoms with van der Waals surface area (Å²) in [5.74, 6) is 1.39. The Morgan fingerprint density at radius 3 is 2.94 bits per heavy atom. The molecule has 1 unspecified atom stereocenters. The van der Waals surface area contributed by atoms with E-state index in [1.165, 1.54) is 16.3 Å². The number of ketones is 1. The number of nitrogens with one attached hydrogen (secondary N) is 1. The molecule has 0 spiro atoms. The molecule has 0 saturated heterocycles. The van der Waals surface area contributed by atoms with E-state index >= 15 is 0 Å². The molecule has 2 aliphatic rings. The van der Waals surface area contributed by atoms with Gasteiger partial charge in [-0.3, -0.25) is 4.79 Å². The smallest absolute Gasteiger partial charge is 0.222 e. The molecule has 0 aromatic heterocycles. The van der Waals surface area contributed by atoms with E-state index in [9.17, 15) is 4.79 Å². The second-order valence-electron chi connectivity index (χ2n) is 4.38. The molecule has 1 aromatic rings. The Labute approximate surface area is 104 Å². The lowest BCUT2D eigenvalue weighted by Crippen LogP contribution is -2.28. The lowest BCUT2D eigenvalue weighted by atomic mass is 10.0. The van der Waals surface area contributed by atoms with Gasteiger partial charge in [0.15, 0.2) is 4.90 Å². The number of hydrogen-bond acceptors (Lipinski definition) is 2. The highest BCUT2D eigenvalue weighted by atomic mass is 32.2. The van der Waals surface area contributed by atoms with Gasteiger partial charge in [-0.1, -0.05) is 12.1 Å². The van der Waals surface area contributed by atoms with E-state index in [1.807, 2.05) is 0 Å². The van der Waals surface area contributed by atoms with Crippen LogP contribution in [0.25, 0.3) is 0 Å². The molecule has 0 amide bonds. The van der Waals surface area contributed by atoms with Gasteiger partial charge >= 0.3 is 0 Å². The van der Waals surface area contributed by atoms with E-state index < -0.39 is 0 Å². The van der Waals surface area contributed by atoms with E-state index in [4.69, 9.17) is 0 Å². The zero-order valence-electron chi connectivity index (χ0n) is 9.95. The summed E-state index contributed by atoms with van der Waals surface area (Å²) in [6, 6.07) is 8.39. The Morgan fingerprint density at radius 2 is 2.12 bits per heavy atom. The molecule has 3 heteroatoms. The number of fused-ring (bicyclic) bond motifs is 1. The van der Waals surface area contributed by atoms with Gasteiger partial charge in [0.2, 0.25) is 10.7 Å². The number of anilines is 1. The molecule has 0 radical (unpaired) electrons. The van der Waals surface area contributed by atoms with E-state index in [-0.39, 0.29) is 10.9 Å². The van der Waals surface area contributed by atoms with Crippen LogP contribution in [-0.4, -0.2) is 11.5 Å². The second-order valence-corrected chi connectivity index (χ2v) is 6.59. The lowest BCUT2D eigenvalue weighted by Gasteiger charge is -2.25. The third-order valence-electron chi connectivity index (χ3n) is 3.33. The van der Waals surface area contributed by atoms with Gasteiger partial charge in [-0.05, 0) is 31.9 Å². The Kier molecular flexibility index (Phi) is 2.71. The Balaban J connectivity index is 2.13. The van der Waals surface area contributed by atoms with Crippen molar-refractivity contribution in [3.8, 4) is 0 Å². The summed E-state index contributed by atoms with van der Waals surface area (Å²) in [4.78, 5) is 14.5. The molecule has 1 aliphatic carbocycles. The molecular formula is C14H16NOS+. The number of para-hydroxylation sites is 1. The Morgan fingerprint density at radius 1 is 1.29 bits per heavy atom. The summed E-state index contributed by atoms with van der Waals surface area (Å²) in [5.41, 5.74) is 2.39. The molecule has 17 heavy (non-hydrogen) atoms. The third-order valence-corrected chi connectivity index (χ3v) is 5.76. The number of benzene rings is 1. The van der Waals surface area contributed by atoms with Gasteiger partial charge in [-0.2, -0.15) is 0 Å².